The van der Waals surface area contributed by atoms with Gasteiger partial charge in [0.2, 0.25) is 0 Å². The lowest BCUT2D eigenvalue weighted by Crippen LogP contribution is -2.39. The minimum absolute atomic E-state index is 0.0103. The van der Waals surface area contributed by atoms with Gasteiger partial charge in [-0.3, -0.25) is 14.8 Å². The standard InChI is InChI=1S/C24H24ClF3N4O/c25-21-8-5-17(24(26,27)28)10-20(21)23(33)32-18-6-3-15(4-7-18)12-30-19-11-22(31-14-19)16-2-1-9-29-13-16/h1-2,5,8-11,13,15,18,30H,3-4,6-7,12,14H2,(H,32,33). The van der Waals surface area contributed by atoms with Crippen LogP contribution in [0.1, 0.15) is 47.2 Å². The Morgan fingerprint density at radius 1 is 1.15 bits per heavy atom. The van der Waals surface area contributed by atoms with E-state index in [0.717, 1.165) is 67.4 Å². The highest BCUT2D eigenvalue weighted by Gasteiger charge is 2.32. The van der Waals surface area contributed by atoms with Crippen molar-refractivity contribution in [3.63, 3.8) is 0 Å². The molecule has 5 nitrogen and oxygen atoms in total. The van der Waals surface area contributed by atoms with Crippen LogP contribution >= 0.6 is 11.6 Å². The molecule has 0 radical (unpaired) electrons. The molecule has 1 aromatic heterocycles. The Kier molecular flexibility index (Phi) is 7.02. The van der Waals surface area contributed by atoms with Crippen LogP contribution in [0.5, 0.6) is 0 Å². The molecular formula is C24H24ClF3N4O. The first-order chi connectivity index (χ1) is 15.8. The number of carbonyl (C=O) groups is 1. The number of halogens is 4. The van der Waals surface area contributed by atoms with E-state index in [0.29, 0.717) is 12.5 Å². The summed E-state index contributed by atoms with van der Waals surface area (Å²) in [7, 11) is 0. The normalized spacial score (nSPS) is 20.7. The third-order valence-corrected chi connectivity index (χ3v) is 6.36. The molecule has 0 saturated heterocycles. The van der Waals surface area contributed by atoms with Gasteiger partial charge in [-0.2, -0.15) is 13.2 Å². The minimum atomic E-state index is -4.52. The number of aromatic nitrogens is 1. The van der Waals surface area contributed by atoms with Gasteiger partial charge in [0.05, 0.1) is 28.4 Å². The zero-order valence-corrected chi connectivity index (χ0v) is 18.6. The average Bonchev–Trinajstić information content (AvgIpc) is 3.28. The van der Waals surface area contributed by atoms with Crippen molar-refractivity contribution in [1.82, 2.24) is 15.6 Å². The molecule has 4 rings (SSSR count). The van der Waals surface area contributed by atoms with Crippen LogP contribution < -0.4 is 10.6 Å². The maximum atomic E-state index is 13.0. The van der Waals surface area contributed by atoms with Crippen molar-refractivity contribution in [2.24, 2.45) is 10.9 Å². The molecule has 174 valence electrons. The number of rotatable bonds is 6. The molecule has 9 heteroatoms. The van der Waals surface area contributed by atoms with Crippen LogP contribution in [0, 0.1) is 5.92 Å². The summed E-state index contributed by atoms with van der Waals surface area (Å²) in [6.45, 7) is 1.44. The number of nitrogens with zero attached hydrogens (tertiary/aromatic N) is 2. The van der Waals surface area contributed by atoms with Crippen molar-refractivity contribution in [3.8, 4) is 0 Å². The molecule has 1 aliphatic carbocycles. The van der Waals surface area contributed by atoms with Crippen LogP contribution in [0.4, 0.5) is 13.2 Å². The quantitative estimate of drug-likeness (QED) is 0.615. The lowest BCUT2D eigenvalue weighted by Gasteiger charge is -2.29. The molecule has 1 fully saturated rings. The van der Waals surface area contributed by atoms with E-state index in [1.807, 2.05) is 18.2 Å². The Morgan fingerprint density at radius 3 is 2.64 bits per heavy atom. The Balaban J connectivity index is 1.24. The zero-order valence-electron chi connectivity index (χ0n) is 17.8. The van der Waals surface area contributed by atoms with Gasteiger partial charge in [0.25, 0.3) is 5.91 Å². The van der Waals surface area contributed by atoms with E-state index >= 15 is 0 Å². The molecule has 1 amide bonds. The third-order valence-electron chi connectivity index (χ3n) is 6.03. The minimum Gasteiger partial charge on any atom is -0.386 e. The van der Waals surface area contributed by atoms with E-state index in [2.05, 4.69) is 20.6 Å². The first-order valence-electron chi connectivity index (χ1n) is 10.9. The molecule has 1 aliphatic heterocycles. The summed E-state index contributed by atoms with van der Waals surface area (Å²) in [6, 6.07) is 6.59. The van der Waals surface area contributed by atoms with Gasteiger partial charge in [-0.15, -0.1) is 0 Å². The molecule has 0 bridgehead atoms. The van der Waals surface area contributed by atoms with Crippen LogP contribution in [-0.4, -0.2) is 35.7 Å². The van der Waals surface area contributed by atoms with Crippen LogP contribution in [0.3, 0.4) is 0 Å². The molecule has 0 spiro atoms. The number of alkyl halides is 3. The van der Waals surface area contributed by atoms with Crippen LogP contribution in [0.25, 0.3) is 0 Å². The molecule has 0 unspecified atom stereocenters. The molecule has 2 heterocycles. The van der Waals surface area contributed by atoms with E-state index in [1.165, 1.54) is 0 Å². The van der Waals surface area contributed by atoms with Gasteiger partial charge in [-0.1, -0.05) is 11.6 Å². The molecule has 1 saturated carbocycles. The van der Waals surface area contributed by atoms with Gasteiger partial charge in [0, 0.05) is 36.2 Å². The molecule has 0 atom stereocenters. The number of allylic oxidation sites excluding steroid dienone is 1. The number of carbonyl (C=O) groups excluding carboxylic acids is 1. The number of benzene rings is 1. The Bertz CT molecular complexity index is 1060. The second kappa shape index (κ2) is 9.95. The summed E-state index contributed by atoms with van der Waals surface area (Å²) in [5.74, 6) is -0.109. The lowest BCUT2D eigenvalue weighted by atomic mass is 9.86. The number of pyridine rings is 1. The topological polar surface area (TPSA) is 66.4 Å². The van der Waals surface area contributed by atoms with E-state index in [1.54, 1.807) is 12.4 Å². The fraction of sp³-hybridized carbons (Fsp3) is 0.375. The monoisotopic (exact) mass is 476 g/mol. The highest BCUT2D eigenvalue weighted by Crippen LogP contribution is 2.32. The number of hydrogen-bond donors (Lipinski definition) is 2. The first kappa shape index (κ1) is 23.3. The van der Waals surface area contributed by atoms with Gasteiger partial charge in [-0.25, -0.2) is 0 Å². The molecule has 2 N–H and O–H groups in total. The number of amides is 1. The van der Waals surface area contributed by atoms with Crippen molar-refractivity contribution in [3.05, 3.63) is 76.2 Å². The Labute approximate surface area is 195 Å². The largest absolute Gasteiger partial charge is 0.416 e. The van der Waals surface area contributed by atoms with Gasteiger partial charge in [-0.05, 0) is 68.0 Å². The predicted molar refractivity (Wildman–Crippen MR) is 121 cm³/mol. The van der Waals surface area contributed by atoms with Crippen molar-refractivity contribution < 1.29 is 18.0 Å². The maximum Gasteiger partial charge on any atom is 0.416 e. The summed E-state index contributed by atoms with van der Waals surface area (Å²) in [5.41, 5.74) is 1.96. The van der Waals surface area contributed by atoms with Crippen LogP contribution in [0.2, 0.25) is 5.02 Å². The van der Waals surface area contributed by atoms with Gasteiger partial charge in [0.1, 0.15) is 0 Å². The molecular weight excluding hydrogens is 453 g/mol. The summed E-state index contributed by atoms with van der Waals surface area (Å²) < 4.78 is 38.9. The second-order valence-corrected chi connectivity index (χ2v) is 8.78. The van der Waals surface area contributed by atoms with E-state index < -0.39 is 17.6 Å². The molecule has 1 aromatic carbocycles. The van der Waals surface area contributed by atoms with E-state index in [4.69, 9.17) is 11.6 Å². The van der Waals surface area contributed by atoms with Gasteiger partial charge >= 0.3 is 6.18 Å². The molecule has 33 heavy (non-hydrogen) atoms. The van der Waals surface area contributed by atoms with E-state index in [9.17, 15) is 18.0 Å². The fourth-order valence-electron chi connectivity index (χ4n) is 4.15. The van der Waals surface area contributed by atoms with Crippen molar-refractivity contribution in [2.75, 3.05) is 13.1 Å². The Hall–Kier alpha value is -2.87. The van der Waals surface area contributed by atoms with Crippen LogP contribution in [0.15, 0.2) is 59.5 Å². The number of hydrogen-bond acceptors (Lipinski definition) is 4. The van der Waals surface area contributed by atoms with E-state index in [-0.39, 0.29) is 16.6 Å². The summed E-state index contributed by atoms with van der Waals surface area (Å²) in [5, 5.41) is 6.33. The fourth-order valence-corrected chi connectivity index (χ4v) is 4.35. The summed E-state index contributed by atoms with van der Waals surface area (Å²) >= 11 is 5.98. The third kappa shape index (κ3) is 5.93. The predicted octanol–water partition coefficient (Wildman–Crippen LogP) is 5.02. The molecule has 2 aliphatic rings. The van der Waals surface area contributed by atoms with Gasteiger partial charge in [0.15, 0.2) is 0 Å². The van der Waals surface area contributed by atoms with Crippen LogP contribution in [-0.2, 0) is 6.18 Å². The van der Waals surface area contributed by atoms with Crippen molar-refractivity contribution in [1.29, 1.82) is 0 Å². The maximum absolute atomic E-state index is 13.0. The highest BCUT2D eigenvalue weighted by atomic mass is 35.5. The highest BCUT2D eigenvalue weighted by molar-refractivity contribution is 6.33. The zero-order chi connectivity index (χ0) is 23.4. The average molecular weight is 477 g/mol. The van der Waals surface area contributed by atoms with Crippen molar-refractivity contribution in [2.45, 2.75) is 37.9 Å². The number of nitrogens with one attached hydrogen (secondary N) is 2. The number of aliphatic imine (C=N–C) groups is 1. The lowest BCUT2D eigenvalue weighted by molar-refractivity contribution is -0.137. The summed E-state index contributed by atoms with van der Waals surface area (Å²) in [4.78, 5) is 21.2. The summed E-state index contributed by atoms with van der Waals surface area (Å²) in [6.07, 6.45) is 4.41. The SMILES string of the molecule is O=C(NC1CCC(CNC2=CC(c3cccnc3)=NC2)CC1)c1cc(C(F)(F)F)ccc1Cl. The van der Waals surface area contributed by atoms with Gasteiger partial charge < -0.3 is 10.6 Å². The second-order valence-electron chi connectivity index (χ2n) is 8.38. The first-order valence-corrected chi connectivity index (χ1v) is 11.2. The smallest absolute Gasteiger partial charge is 0.386 e. The Morgan fingerprint density at radius 2 is 1.94 bits per heavy atom. The van der Waals surface area contributed by atoms with Crippen molar-refractivity contribution >= 4 is 23.2 Å². The molecule has 2 aromatic rings.